The van der Waals surface area contributed by atoms with Gasteiger partial charge < -0.3 is 0 Å². The lowest BCUT2D eigenvalue weighted by Crippen LogP contribution is -1.84. The minimum atomic E-state index is 1.27. The Balaban J connectivity index is 1.95. The van der Waals surface area contributed by atoms with E-state index >= 15 is 0 Å². The number of hydrogen-bond acceptors (Lipinski definition) is 0. The Morgan fingerprint density at radius 1 is 0.476 bits per heavy atom. The average molecular weight is 272 g/mol. The summed E-state index contributed by atoms with van der Waals surface area (Å²) in [5.74, 6) is 0. The van der Waals surface area contributed by atoms with Crippen LogP contribution in [0.25, 0.3) is 22.3 Å². The summed E-state index contributed by atoms with van der Waals surface area (Å²) in [5.41, 5.74) is 9.09. The van der Waals surface area contributed by atoms with Gasteiger partial charge in [-0.15, -0.1) is 0 Å². The Labute approximate surface area is 127 Å². The van der Waals surface area contributed by atoms with Crippen molar-refractivity contribution < 1.29 is 0 Å². The third kappa shape index (κ3) is 2.90. The highest BCUT2D eigenvalue weighted by Gasteiger charge is 2.02. The van der Waals surface area contributed by atoms with E-state index < -0.39 is 0 Å². The van der Waals surface area contributed by atoms with E-state index in [4.69, 9.17) is 0 Å². The Morgan fingerprint density at radius 3 is 1.62 bits per heavy atom. The fraction of sp³-hybridized carbons (Fsp3) is 0.143. The molecule has 3 rings (SSSR count). The summed E-state index contributed by atoms with van der Waals surface area (Å²) in [7, 11) is 0. The molecule has 0 saturated heterocycles. The summed E-state index contributed by atoms with van der Waals surface area (Å²) in [5, 5.41) is 0. The van der Waals surface area contributed by atoms with Crippen LogP contribution in [0.2, 0.25) is 0 Å². The van der Waals surface area contributed by atoms with Gasteiger partial charge in [-0.3, -0.25) is 0 Å². The second-order valence-electron chi connectivity index (χ2n) is 5.75. The second kappa shape index (κ2) is 5.57. The van der Waals surface area contributed by atoms with E-state index in [-0.39, 0.29) is 0 Å². The topological polar surface area (TPSA) is 0 Å². The molecule has 0 spiro atoms. The predicted molar refractivity (Wildman–Crippen MR) is 91.5 cm³/mol. The van der Waals surface area contributed by atoms with Crippen LogP contribution < -0.4 is 0 Å². The van der Waals surface area contributed by atoms with Crippen molar-refractivity contribution in [2.75, 3.05) is 0 Å². The normalized spacial score (nSPS) is 10.6. The molecule has 3 aromatic rings. The molecular weight excluding hydrogens is 252 g/mol. The van der Waals surface area contributed by atoms with Crippen LogP contribution in [-0.4, -0.2) is 0 Å². The molecule has 0 unspecified atom stereocenters. The van der Waals surface area contributed by atoms with Crippen molar-refractivity contribution in [3.05, 3.63) is 83.4 Å². The van der Waals surface area contributed by atoms with Crippen molar-refractivity contribution in [3.63, 3.8) is 0 Å². The molecule has 0 fully saturated rings. The van der Waals surface area contributed by atoms with Gasteiger partial charge >= 0.3 is 0 Å². The lowest BCUT2D eigenvalue weighted by molar-refractivity contribution is 1.34. The zero-order valence-corrected chi connectivity index (χ0v) is 12.9. The second-order valence-corrected chi connectivity index (χ2v) is 5.75. The van der Waals surface area contributed by atoms with Gasteiger partial charge in [-0.1, -0.05) is 72.3 Å². The van der Waals surface area contributed by atoms with Gasteiger partial charge in [-0.25, -0.2) is 0 Å². The highest BCUT2D eigenvalue weighted by molar-refractivity contribution is 5.71. The molecule has 0 heteroatoms. The first-order valence-corrected chi connectivity index (χ1v) is 7.38. The highest BCUT2D eigenvalue weighted by Crippen LogP contribution is 2.26. The lowest BCUT2D eigenvalue weighted by Gasteiger charge is -2.08. The fourth-order valence-corrected chi connectivity index (χ4v) is 2.60. The molecular formula is C21H20. The summed E-state index contributed by atoms with van der Waals surface area (Å²) in [6, 6.07) is 24.1. The quantitative estimate of drug-likeness (QED) is 0.541. The molecule has 0 aliphatic rings. The largest absolute Gasteiger partial charge is 0.0614 e. The third-order valence-corrected chi connectivity index (χ3v) is 4.08. The Bertz CT molecular complexity index is 764. The van der Waals surface area contributed by atoms with Crippen LogP contribution in [0.4, 0.5) is 0 Å². The van der Waals surface area contributed by atoms with Crippen molar-refractivity contribution in [2.24, 2.45) is 0 Å². The van der Waals surface area contributed by atoms with Crippen molar-refractivity contribution >= 4 is 0 Å². The van der Waals surface area contributed by atoms with Gasteiger partial charge in [0.05, 0.1) is 0 Å². The van der Waals surface area contributed by atoms with E-state index in [1.165, 1.54) is 38.9 Å². The van der Waals surface area contributed by atoms with Crippen LogP contribution in [0.3, 0.4) is 0 Å². The van der Waals surface area contributed by atoms with E-state index in [1.54, 1.807) is 0 Å². The first-order valence-electron chi connectivity index (χ1n) is 7.38. The van der Waals surface area contributed by atoms with Gasteiger partial charge in [0.15, 0.2) is 0 Å². The van der Waals surface area contributed by atoms with Gasteiger partial charge in [-0.05, 0) is 54.2 Å². The minimum Gasteiger partial charge on any atom is -0.0614 e. The molecule has 0 amide bonds. The molecule has 0 nitrogen and oxygen atoms in total. The molecule has 0 heterocycles. The molecule has 0 bridgehead atoms. The molecule has 21 heavy (non-hydrogen) atoms. The molecule has 0 aliphatic heterocycles. The zero-order chi connectivity index (χ0) is 14.8. The number of aryl methyl sites for hydroxylation is 3. The molecule has 0 aliphatic carbocycles. The van der Waals surface area contributed by atoms with Crippen molar-refractivity contribution in [1.29, 1.82) is 0 Å². The summed E-state index contributed by atoms with van der Waals surface area (Å²) in [6.07, 6.45) is 0. The van der Waals surface area contributed by atoms with E-state index in [1.807, 2.05) is 0 Å². The molecule has 104 valence electrons. The van der Waals surface area contributed by atoms with Crippen LogP contribution in [0.15, 0.2) is 66.7 Å². The number of hydrogen-bond donors (Lipinski definition) is 0. The SMILES string of the molecule is Cc1cccc(-c2ccc(-c3ccc(C)c(C)c3)cc2)c1. The number of rotatable bonds is 2. The molecule has 0 aromatic heterocycles. The van der Waals surface area contributed by atoms with Gasteiger partial charge in [0.25, 0.3) is 0 Å². The number of benzene rings is 3. The highest BCUT2D eigenvalue weighted by atomic mass is 14.1. The summed E-state index contributed by atoms with van der Waals surface area (Å²) >= 11 is 0. The Morgan fingerprint density at radius 2 is 1.05 bits per heavy atom. The van der Waals surface area contributed by atoms with Crippen LogP contribution in [-0.2, 0) is 0 Å². The van der Waals surface area contributed by atoms with Gasteiger partial charge in [0.2, 0.25) is 0 Å². The third-order valence-electron chi connectivity index (χ3n) is 4.08. The van der Waals surface area contributed by atoms with Crippen molar-refractivity contribution in [3.8, 4) is 22.3 Å². The van der Waals surface area contributed by atoms with E-state index in [2.05, 4.69) is 87.5 Å². The maximum atomic E-state index is 2.26. The van der Waals surface area contributed by atoms with Crippen LogP contribution >= 0.6 is 0 Å². The smallest absolute Gasteiger partial charge is 0.0181 e. The summed E-state index contributed by atoms with van der Waals surface area (Å²) < 4.78 is 0. The molecule has 0 radical (unpaired) electrons. The van der Waals surface area contributed by atoms with E-state index in [0.29, 0.717) is 0 Å². The zero-order valence-electron chi connectivity index (χ0n) is 12.9. The maximum Gasteiger partial charge on any atom is -0.0181 e. The van der Waals surface area contributed by atoms with Gasteiger partial charge in [0, 0.05) is 0 Å². The average Bonchev–Trinajstić information content (AvgIpc) is 2.50. The first-order chi connectivity index (χ1) is 10.1. The lowest BCUT2D eigenvalue weighted by atomic mass is 9.97. The van der Waals surface area contributed by atoms with Gasteiger partial charge in [0.1, 0.15) is 0 Å². The molecule has 0 saturated carbocycles. The first kappa shape index (κ1) is 13.6. The summed E-state index contributed by atoms with van der Waals surface area (Å²) in [4.78, 5) is 0. The monoisotopic (exact) mass is 272 g/mol. The molecule has 0 atom stereocenters. The minimum absolute atomic E-state index is 1.27. The Hall–Kier alpha value is -2.34. The molecule has 0 N–H and O–H groups in total. The fourth-order valence-electron chi connectivity index (χ4n) is 2.60. The van der Waals surface area contributed by atoms with Crippen LogP contribution in [0, 0.1) is 20.8 Å². The molecule has 3 aromatic carbocycles. The van der Waals surface area contributed by atoms with E-state index in [0.717, 1.165) is 0 Å². The van der Waals surface area contributed by atoms with Gasteiger partial charge in [-0.2, -0.15) is 0 Å². The Kier molecular flexibility index (Phi) is 3.62. The summed E-state index contributed by atoms with van der Waals surface area (Å²) in [6.45, 7) is 6.45. The van der Waals surface area contributed by atoms with Crippen LogP contribution in [0.1, 0.15) is 16.7 Å². The standard InChI is InChI=1S/C21H20/c1-15-5-4-6-20(13-15)18-9-11-19(12-10-18)21-8-7-16(2)17(3)14-21/h4-14H,1-3H3. The van der Waals surface area contributed by atoms with Crippen molar-refractivity contribution in [1.82, 2.24) is 0 Å². The maximum absolute atomic E-state index is 2.26. The van der Waals surface area contributed by atoms with E-state index in [9.17, 15) is 0 Å². The predicted octanol–water partition coefficient (Wildman–Crippen LogP) is 5.95. The van der Waals surface area contributed by atoms with Crippen LogP contribution in [0.5, 0.6) is 0 Å². The van der Waals surface area contributed by atoms with Crippen molar-refractivity contribution in [2.45, 2.75) is 20.8 Å².